The van der Waals surface area contributed by atoms with Crippen LogP contribution >= 0.6 is 11.8 Å². The van der Waals surface area contributed by atoms with Crippen LogP contribution in [0, 0.1) is 0 Å². The van der Waals surface area contributed by atoms with Gasteiger partial charge in [-0.2, -0.15) is 0 Å². The highest BCUT2D eigenvalue weighted by Crippen LogP contribution is 2.25. The molecule has 1 unspecified atom stereocenters. The van der Waals surface area contributed by atoms with Crippen LogP contribution in [-0.4, -0.2) is 26.3 Å². The molecule has 1 amide bonds. The molecule has 1 N–H and O–H groups in total. The van der Waals surface area contributed by atoms with Crippen LogP contribution in [0.4, 0.5) is 0 Å². The Balaban J connectivity index is 1.57. The van der Waals surface area contributed by atoms with Crippen molar-refractivity contribution in [3.8, 4) is 0 Å². The van der Waals surface area contributed by atoms with Crippen molar-refractivity contribution < 1.29 is 4.79 Å². The van der Waals surface area contributed by atoms with E-state index in [1.165, 1.54) is 17.3 Å². The van der Waals surface area contributed by atoms with Crippen LogP contribution in [-0.2, 0) is 10.2 Å². The predicted octanol–water partition coefficient (Wildman–Crippen LogP) is 4.00. The maximum atomic E-state index is 12.3. The molecule has 1 aromatic carbocycles. The Kier molecular flexibility index (Phi) is 5.32. The predicted molar refractivity (Wildman–Crippen MR) is 105 cm³/mol. The number of nitrogens with zero attached hydrogens (tertiary/aromatic N) is 3. The zero-order valence-corrected chi connectivity index (χ0v) is 16.4. The summed E-state index contributed by atoms with van der Waals surface area (Å²) in [5, 5.41) is 11.3. The first-order valence-electron chi connectivity index (χ1n) is 8.67. The van der Waals surface area contributed by atoms with Gasteiger partial charge in [-0.15, -0.1) is 22.0 Å². The smallest absolute Gasteiger partial charge is 0.230 e. The SMILES string of the molecule is CC(NC(=O)CSc1ccc(C(C)(C)C)cc1)c1nnc2ccccn12. The van der Waals surface area contributed by atoms with E-state index >= 15 is 0 Å². The highest BCUT2D eigenvalue weighted by Gasteiger charge is 2.16. The van der Waals surface area contributed by atoms with Gasteiger partial charge >= 0.3 is 0 Å². The van der Waals surface area contributed by atoms with E-state index in [1.807, 2.05) is 35.7 Å². The molecule has 0 aliphatic heterocycles. The van der Waals surface area contributed by atoms with Crippen molar-refractivity contribution in [2.75, 3.05) is 5.75 Å². The number of fused-ring (bicyclic) bond motifs is 1. The lowest BCUT2D eigenvalue weighted by Crippen LogP contribution is -2.29. The van der Waals surface area contributed by atoms with Crippen LogP contribution in [0.1, 0.15) is 45.1 Å². The molecule has 0 aliphatic carbocycles. The highest BCUT2D eigenvalue weighted by molar-refractivity contribution is 8.00. The minimum atomic E-state index is -0.205. The van der Waals surface area contributed by atoms with Crippen molar-refractivity contribution in [3.05, 3.63) is 60.0 Å². The Morgan fingerprint density at radius 3 is 2.58 bits per heavy atom. The summed E-state index contributed by atoms with van der Waals surface area (Å²) in [6, 6.07) is 13.9. The second-order valence-corrected chi connectivity index (χ2v) is 8.39. The number of benzene rings is 1. The fourth-order valence-electron chi connectivity index (χ4n) is 2.70. The molecule has 1 atom stereocenters. The number of amides is 1. The third kappa shape index (κ3) is 4.25. The molecule has 26 heavy (non-hydrogen) atoms. The molecule has 136 valence electrons. The highest BCUT2D eigenvalue weighted by atomic mass is 32.2. The standard InChI is InChI=1S/C20H24N4OS/c1-14(19-23-22-17-7-5-6-12-24(17)19)21-18(25)13-26-16-10-8-15(9-11-16)20(2,3)4/h5-12,14H,13H2,1-4H3,(H,21,25). The summed E-state index contributed by atoms with van der Waals surface area (Å²) >= 11 is 1.54. The molecule has 3 rings (SSSR count). The van der Waals surface area contributed by atoms with Gasteiger partial charge in [-0.3, -0.25) is 9.20 Å². The van der Waals surface area contributed by atoms with Gasteiger partial charge in [0.25, 0.3) is 0 Å². The molecule has 2 aromatic heterocycles. The first-order chi connectivity index (χ1) is 12.3. The first kappa shape index (κ1) is 18.5. The van der Waals surface area contributed by atoms with Gasteiger partial charge in [0.05, 0.1) is 11.8 Å². The second kappa shape index (κ2) is 7.50. The molecule has 0 aliphatic rings. The largest absolute Gasteiger partial charge is 0.346 e. The molecule has 0 saturated carbocycles. The molecule has 3 aromatic rings. The molecular formula is C20H24N4OS. The molecule has 5 nitrogen and oxygen atoms in total. The van der Waals surface area contributed by atoms with Gasteiger partial charge < -0.3 is 5.32 Å². The van der Waals surface area contributed by atoms with Crippen molar-refractivity contribution in [1.82, 2.24) is 19.9 Å². The lowest BCUT2D eigenvalue weighted by Gasteiger charge is -2.19. The van der Waals surface area contributed by atoms with E-state index < -0.39 is 0 Å². The number of aromatic nitrogens is 3. The van der Waals surface area contributed by atoms with Gasteiger partial charge in [-0.25, -0.2) is 0 Å². The lowest BCUT2D eigenvalue weighted by molar-refractivity contribution is -0.119. The Hall–Kier alpha value is -2.34. The van der Waals surface area contributed by atoms with Crippen LogP contribution in [0.3, 0.4) is 0 Å². The van der Waals surface area contributed by atoms with E-state index in [0.717, 1.165) is 16.4 Å². The number of hydrogen-bond acceptors (Lipinski definition) is 4. The summed E-state index contributed by atoms with van der Waals surface area (Å²) < 4.78 is 1.89. The van der Waals surface area contributed by atoms with Crippen LogP contribution in [0.2, 0.25) is 0 Å². The van der Waals surface area contributed by atoms with Crippen molar-refractivity contribution in [3.63, 3.8) is 0 Å². The van der Waals surface area contributed by atoms with Crippen LogP contribution in [0.15, 0.2) is 53.6 Å². The van der Waals surface area contributed by atoms with Gasteiger partial charge in [-0.1, -0.05) is 39.0 Å². The Morgan fingerprint density at radius 2 is 1.88 bits per heavy atom. The average Bonchev–Trinajstić information content (AvgIpc) is 3.04. The first-order valence-corrected chi connectivity index (χ1v) is 9.65. The number of thioether (sulfide) groups is 1. The number of hydrogen-bond donors (Lipinski definition) is 1. The number of nitrogens with one attached hydrogen (secondary N) is 1. The summed E-state index contributed by atoms with van der Waals surface area (Å²) in [7, 11) is 0. The molecule has 0 bridgehead atoms. The van der Waals surface area contributed by atoms with E-state index in [9.17, 15) is 4.79 Å². The van der Waals surface area contributed by atoms with Crippen molar-refractivity contribution >= 4 is 23.3 Å². The fourth-order valence-corrected chi connectivity index (χ4v) is 3.41. The fraction of sp³-hybridized carbons (Fsp3) is 0.350. The molecular weight excluding hydrogens is 344 g/mol. The minimum Gasteiger partial charge on any atom is -0.346 e. The average molecular weight is 369 g/mol. The lowest BCUT2D eigenvalue weighted by atomic mass is 9.87. The van der Waals surface area contributed by atoms with E-state index in [0.29, 0.717) is 5.75 Å². The Bertz CT molecular complexity index is 896. The van der Waals surface area contributed by atoms with Crippen molar-refractivity contribution in [2.24, 2.45) is 0 Å². The van der Waals surface area contributed by atoms with Crippen LogP contribution in [0.25, 0.3) is 5.65 Å². The minimum absolute atomic E-state index is 0.0184. The second-order valence-electron chi connectivity index (χ2n) is 7.34. The summed E-state index contributed by atoms with van der Waals surface area (Å²) in [4.78, 5) is 13.4. The van der Waals surface area contributed by atoms with E-state index in [1.54, 1.807) is 0 Å². The number of carbonyl (C=O) groups excluding carboxylic acids is 1. The summed E-state index contributed by atoms with van der Waals surface area (Å²) in [5.74, 6) is 1.08. The van der Waals surface area contributed by atoms with Crippen molar-refractivity contribution in [2.45, 2.75) is 44.0 Å². The van der Waals surface area contributed by atoms with Crippen LogP contribution < -0.4 is 5.32 Å². The Labute approximate surface area is 158 Å². The van der Waals surface area contributed by atoms with Gasteiger partial charge in [0.2, 0.25) is 5.91 Å². The maximum Gasteiger partial charge on any atom is 0.230 e. The number of carbonyl (C=O) groups is 1. The summed E-state index contributed by atoms with van der Waals surface area (Å²) in [5.41, 5.74) is 2.20. The van der Waals surface area contributed by atoms with E-state index in [-0.39, 0.29) is 17.4 Å². The van der Waals surface area contributed by atoms with Gasteiger partial charge in [-0.05, 0) is 42.2 Å². The normalized spacial score (nSPS) is 12.9. The molecule has 0 spiro atoms. The third-order valence-electron chi connectivity index (χ3n) is 4.20. The van der Waals surface area contributed by atoms with Crippen LogP contribution in [0.5, 0.6) is 0 Å². The zero-order chi connectivity index (χ0) is 18.7. The monoisotopic (exact) mass is 368 g/mol. The summed E-state index contributed by atoms with van der Waals surface area (Å²) in [6.07, 6.45) is 1.90. The topological polar surface area (TPSA) is 59.3 Å². The van der Waals surface area contributed by atoms with Gasteiger partial charge in [0, 0.05) is 11.1 Å². The van der Waals surface area contributed by atoms with Crippen molar-refractivity contribution in [1.29, 1.82) is 0 Å². The molecule has 0 radical (unpaired) electrons. The number of rotatable bonds is 5. The maximum absolute atomic E-state index is 12.3. The molecule has 0 fully saturated rings. The number of pyridine rings is 1. The Morgan fingerprint density at radius 1 is 1.15 bits per heavy atom. The summed E-state index contributed by atoms with van der Waals surface area (Å²) in [6.45, 7) is 8.50. The molecule has 2 heterocycles. The van der Waals surface area contributed by atoms with Gasteiger partial charge in [0.1, 0.15) is 0 Å². The van der Waals surface area contributed by atoms with E-state index in [2.05, 4.69) is 60.6 Å². The van der Waals surface area contributed by atoms with Gasteiger partial charge in [0.15, 0.2) is 11.5 Å². The zero-order valence-electron chi connectivity index (χ0n) is 15.6. The third-order valence-corrected chi connectivity index (χ3v) is 5.21. The molecule has 6 heteroatoms. The molecule has 0 saturated heterocycles. The quantitative estimate of drug-likeness (QED) is 0.692. The van der Waals surface area contributed by atoms with E-state index in [4.69, 9.17) is 0 Å².